The summed E-state index contributed by atoms with van der Waals surface area (Å²) >= 11 is 0. The molecule has 2 N–H and O–H groups in total. The molecule has 27 heavy (non-hydrogen) atoms. The summed E-state index contributed by atoms with van der Waals surface area (Å²) in [4.78, 5) is 3.99. The summed E-state index contributed by atoms with van der Waals surface area (Å²) in [5.74, 6) is -5.00. The van der Waals surface area contributed by atoms with Gasteiger partial charge in [-0.25, -0.2) is 22.6 Å². The molecule has 0 aromatic heterocycles. The Morgan fingerprint density at radius 1 is 1.22 bits per heavy atom. The third-order valence-electron chi connectivity index (χ3n) is 4.08. The van der Waals surface area contributed by atoms with E-state index < -0.39 is 35.4 Å². The molecule has 0 spiro atoms. The summed E-state index contributed by atoms with van der Waals surface area (Å²) in [7, 11) is 0. The molecule has 5 nitrogen and oxygen atoms in total. The van der Waals surface area contributed by atoms with Crippen LogP contribution in [-0.2, 0) is 16.0 Å². The molecule has 1 aliphatic rings. The van der Waals surface area contributed by atoms with Crippen molar-refractivity contribution >= 4 is 5.96 Å². The van der Waals surface area contributed by atoms with Crippen LogP contribution in [0.5, 0.6) is 0 Å². The zero-order chi connectivity index (χ0) is 19.6. The highest BCUT2D eigenvalue weighted by Crippen LogP contribution is 2.20. The summed E-state index contributed by atoms with van der Waals surface area (Å²) in [6.07, 6.45) is 1.72. The summed E-state index contributed by atoms with van der Waals surface area (Å²) < 4.78 is 64.7. The normalized spacial score (nSPS) is 17.4. The van der Waals surface area contributed by atoms with Gasteiger partial charge in [0.1, 0.15) is 0 Å². The lowest BCUT2D eigenvalue weighted by atomic mass is 10.1. The molecular weight excluding hydrogens is 366 g/mol. The minimum atomic E-state index is -1.44. The Hall–Kier alpha value is -1.87. The number of hydrogen-bond donors (Lipinski definition) is 2. The van der Waals surface area contributed by atoms with Gasteiger partial charge in [0.2, 0.25) is 0 Å². The maximum absolute atomic E-state index is 13.7. The van der Waals surface area contributed by atoms with Gasteiger partial charge in [-0.3, -0.25) is 0 Å². The van der Waals surface area contributed by atoms with E-state index in [0.29, 0.717) is 44.6 Å². The van der Waals surface area contributed by atoms with Gasteiger partial charge in [0.15, 0.2) is 29.2 Å². The molecule has 1 fully saturated rings. The number of halogens is 4. The number of nitrogens with one attached hydrogen (secondary N) is 2. The first kappa shape index (κ1) is 21.4. The summed E-state index contributed by atoms with van der Waals surface area (Å²) in [6.45, 7) is 5.09. The van der Waals surface area contributed by atoms with Crippen molar-refractivity contribution in [2.24, 2.45) is 10.9 Å². The van der Waals surface area contributed by atoms with E-state index in [-0.39, 0.29) is 6.07 Å². The van der Waals surface area contributed by atoms with E-state index in [1.807, 2.05) is 6.92 Å². The molecule has 1 heterocycles. The Balaban J connectivity index is 1.80. The van der Waals surface area contributed by atoms with Crippen LogP contribution in [0, 0.1) is 29.2 Å². The zero-order valence-corrected chi connectivity index (χ0v) is 15.3. The number of hydrogen-bond acceptors (Lipinski definition) is 3. The van der Waals surface area contributed by atoms with Crippen molar-refractivity contribution < 1.29 is 27.0 Å². The average Bonchev–Trinajstić information content (AvgIpc) is 3.16. The first-order valence-electron chi connectivity index (χ1n) is 9.02. The molecular formula is C18H25F4N3O2. The van der Waals surface area contributed by atoms with Gasteiger partial charge in [-0.2, -0.15) is 0 Å². The Morgan fingerprint density at radius 3 is 2.59 bits per heavy atom. The molecule has 1 atom stereocenters. The van der Waals surface area contributed by atoms with Crippen LogP contribution >= 0.6 is 0 Å². The quantitative estimate of drug-likeness (QED) is 0.224. The molecule has 2 rings (SSSR count). The van der Waals surface area contributed by atoms with Crippen LogP contribution in [-0.4, -0.2) is 45.5 Å². The monoisotopic (exact) mass is 391 g/mol. The van der Waals surface area contributed by atoms with Crippen LogP contribution in [0.15, 0.2) is 11.1 Å². The highest BCUT2D eigenvalue weighted by Gasteiger charge is 2.19. The smallest absolute Gasteiger partial charge is 0.191 e. The molecule has 0 saturated carbocycles. The standard InChI is InChI=1S/C18H25F4N3O2/c1-2-23-18(24-5-3-6-26-10-12-4-7-27-11-12)25-9-13-16(21)14(19)8-15(20)17(13)22/h8,12H,2-7,9-11H2,1H3,(H2,23,24,25). The van der Waals surface area contributed by atoms with Crippen LogP contribution < -0.4 is 10.6 Å². The molecule has 0 aliphatic carbocycles. The lowest BCUT2D eigenvalue weighted by Gasteiger charge is -2.13. The molecule has 1 saturated heterocycles. The van der Waals surface area contributed by atoms with Gasteiger partial charge in [-0.15, -0.1) is 0 Å². The van der Waals surface area contributed by atoms with Crippen LogP contribution in [0.25, 0.3) is 0 Å². The van der Waals surface area contributed by atoms with Gasteiger partial charge in [0.05, 0.1) is 25.3 Å². The maximum Gasteiger partial charge on any atom is 0.191 e. The van der Waals surface area contributed by atoms with E-state index in [1.165, 1.54) is 0 Å². The topological polar surface area (TPSA) is 54.9 Å². The van der Waals surface area contributed by atoms with Crippen molar-refractivity contribution in [3.05, 3.63) is 34.9 Å². The van der Waals surface area contributed by atoms with Crippen molar-refractivity contribution in [1.29, 1.82) is 0 Å². The number of benzene rings is 1. The Labute approximate surface area is 156 Å². The maximum atomic E-state index is 13.7. The predicted molar refractivity (Wildman–Crippen MR) is 93.5 cm³/mol. The molecule has 152 valence electrons. The molecule has 1 unspecified atom stereocenters. The number of aliphatic imine (C=N–C) groups is 1. The second-order valence-electron chi connectivity index (χ2n) is 6.23. The third-order valence-corrected chi connectivity index (χ3v) is 4.08. The van der Waals surface area contributed by atoms with Gasteiger partial charge >= 0.3 is 0 Å². The zero-order valence-electron chi connectivity index (χ0n) is 15.3. The Morgan fingerprint density at radius 2 is 1.96 bits per heavy atom. The molecule has 0 radical (unpaired) electrons. The SMILES string of the molecule is CCNC(=NCc1c(F)c(F)cc(F)c1F)NCCCOCC1CCOC1. The summed E-state index contributed by atoms with van der Waals surface area (Å²) in [5, 5.41) is 5.90. The average molecular weight is 391 g/mol. The van der Waals surface area contributed by atoms with E-state index in [2.05, 4.69) is 15.6 Å². The van der Waals surface area contributed by atoms with Crippen molar-refractivity contribution in [1.82, 2.24) is 10.6 Å². The number of guanidine groups is 1. The number of rotatable bonds is 9. The molecule has 1 aromatic rings. The van der Waals surface area contributed by atoms with Gasteiger partial charge in [0.25, 0.3) is 0 Å². The van der Waals surface area contributed by atoms with Gasteiger partial charge < -0.3 is 20.1 Å². The van der Waals surface area contributed by atoms with Crippen molar-refractivity contribution in [3.8, 4) is 0 Å². The Kier molecular flexibility index (Phi) is 8.80. The molecule has 0 amide bonds. The summed E-state index contributed by atoms with van der Waals surface area (Å²) in [5.41, 5.74) is -0.744. The highest BCUT2D eigenvalue weighted by atomic mass is 19.2. The van der Waals surface area contributed by atoms with E-state index in [9.17, 15) is 17.6 Å². The van der Waals surface area contributed by atoms with Gasteiger partial charge in [-0.05, 0) is 19.8 Å². The lowest BCUT2D eigenvalue weighted by Crippen LogP contribution is -2.38. The van der Waals surface area contributed by atoms with Crippen LogP contribution in [0.1, 0.15) is 25.3 Å². The fourth-order valence-electron chi connectivity index (χ4n) is 2.61. The van der Waals surface area contributed by atoms with E-state index in [4.69, 9.17) is 9.47 Å². The minimum absolute atomic E-state index is 0.180. The first-order chi connectivity index (χ1) is 13.0. The summed E-state index contributed by atoms with van der Waals surface area (Å²) in [6, 6.07) is 0.180. The highest BCUT2D eigenvalue weighted by molar-refractivity contribution is 5.79. The number of nitrogens with zero attached hydrogens (tertiary/aromatic N) is 1. The van der Waals surface area contributed by atoms with Crippen molar-refractivity contribution in [2.45, 2.75) is 26.3 Å². The molecule has 0 bridgehead atoms. The Bertz CT molecular complexity index is 611. The van der Waals surface area contributed by atoms with E-state index in [0.717, 1.165) is 19.6 Å². The molecule has 1 aromatic carbocycles. The van der Waals surface area contributed by atoms with E-state index in [1.54, 1.807) is 0 Å². The fourth-order valence-corrected chi connectivity index (χ4v) is 2.61. The van der Waals surface area contributed by atoms with Crippen molar-refractivity contribution in [3.63, 3.8) is 0 Å². The third kappa shape index (κ3) is 6.66. The van der Waals surface area contributed by atoms with Crippen LogP contribution in [0.3, 0.4) is 0 Å². The van der Waals surface area contributed by atoms with Gasteiger partial charge in [-0.1, -0.05) is 0 Å². The fraction of sp³-hybridized carbons (Fsp3) is 0.611. The van der Waals surface area contributed by atoms with Crippen molar-refractivity contribution in [2.75, 3.05) is 39.5 Å². The second-order valence-corrected chi connectivity index (χ2v) is 6.23. The second kappa shape index (κ2) is 11.1. The van der Waals surface area contributed by atoms with E-state index >= 15 is 0 Å². The van der Waals surface area contributed by atoms with Crippen LogP contribution in [0.4, 0.5) is 17.6 Å². The minimum Gasteiger partial charge on any atom is -0.381 e. The molecule has 9 heteroatoms. The molecule has 1 aliphatic heterocycles. The van der Waals surface area contributed by atoms with Crippen LogP contribution in [0.2, 0.25) is 0 Å². The largest absolute Gasteiger partial charge is 0.381 e. The predicted octanol–water partition coefficient (Wildman–Crippen LogP) is 2.74. The lowest BCUT2D eigenvalue weighted by molar-refractivity contribution is 0.0888. The van der Waals surface area contributed by atoms with Gasteiger partial charge in [0, 0.05) is 38.3 Å². The first-order valence-corrected chi connectivity index (χ1v) is 9.02. The number of ether oxygens (including phenoxy) is 2.